The molecule has 0 bridgehead atoms. The molecule has 1 fully saturated rings. The van der Waals surface area contributed by atoms with Gasteiger partial charge in [0.15, 0.2) is 0 Å². The minimum absolute atomic E-state index is 0.0529. The first-order chi connectivity index (χ1) is 13.8. The van der Waals surface area contributed by atoms with Gasteiger partial charge in [0.25, 0.3) is 0 Å². The normalized spacial score (nSPS) is 14.6. The summed E-state index contributed by atoms with van der Waals surface area (Å²) in [6.07, 6.45) is 3.53. The van der Waals surface area contributed by atoms with Crippen molar-refractivity contribution < 1.29 is 14.3 Å². The molecule has 150 valence electrons. The van der Waals surface area contributed by atoms with Crippen molar-refractivity contribution in [2.24, 2.45) is 0 Å². The minimum atomic E-state index is -0.101. The molecule has 2 heterocycles. The van der Waals surface area contributed by atoms with Gasteiger partial charge in [-0.3, -0.25) is 9.69 Å². The first kappa shape index (κ1) is 20.0. The Morgan fingerprint density at radius 2 is 1.75 bits per heavy atom. The SMILES string of the molecule is O=C(COCCOc1ccccc1)NCCN1CCN(c2ncccn2)CC1. The van der Waals surface area contributed by atoms with E-state index < -0.39 is 0 Å². The lowest BCUT2D eigenvalue weighted by atomic mass is 10.3. The average molecular weight is 385 g/mol. The van der Waals surface area contributed by atoms with Crippen LogP contribution >= 0.6 is 0 Å². The van der Waals surface area contributed by atoms with Crippen LogP contribution in [-0.4, -0.2) is 79.9 Å². The van der Waals surface area contributed by atoms with E-state index in [1.807, 2.05) is 36.4 Å². The van der Waals surface area contributed by atoms with Gasteiger partial charge < -0.3 is 19.7 Å². The topological polar surface area (TPSA) is 79.8 Å². The van der Waals surface area contributed by atoms with E-state index in [1.165, 1.54) is 0 Å². The molecule has 0 radical (unpaired) electrons. The molecule has 3 rings (SSSR count). The number of rotatable bonds is 10. The quantitative estimate of drug-likeness (QED) is 0.606. The fourth-order valence-corrected chi connectivity index (χ4v) is 2.93. The van der Waals surface area contributed by atoms with Crippen molar-refractivity contribution in [1.29, 1.82) is 0 Å². The first-order valence-electron chi connectivity index (χ1n) is 9.58. The maximum absolute atomic E-state index is 11.8. The number of anilines is 1. The summed E-state index contributed by atoms with van der Waals surface area (Å²) in [5.41, 5.74) is 0. The molecule has 1 aromatic carbocycles. The van der Waals surface area contributed by atoms with E-state index in [9.17, 15) is 4.79 Å². The lowest BCUT2D eigenvalue weighted by Gasteiger charge is -2.34. The maximum atomic E-state index is 11.8. The van der Waals surface area contributed by atoms with E-state index in [2.05, 4.69) is 25.1 Å². The van der Waals surface area contributed by atoms with Gasteiger partial charge in [0, 0.05) is 51.7 Å². The van der Waals surface area contributed by atoms with Gasteiger partial charge in [0.1, 0.15) is 19.0 Å². The third-order valence-electron chi connectivity index (χ3n) is 4.43. The average Bonchev–Trinajstić information content (AvgIpc) is 2.75. The molecule has 8 nitrogen and oxygen atoms in total. The Kier molecular flexibility index (Phi) is 8.02. The zero-order chi connectivity index (χ0) is 19.4. The highest BCUT2D eigenvalue weighted by Gasteiger charge is 2.18. The molecule has 0 saturated carbocycles. The number of nitrogens with one attached hydrogen (secondary N) is 1. The van der Waals surface area contributed by atoms with Crippen LogP contribution in [0.2, 0.25) is 0 Å². The van der Waals surface area contributed by atoms with Crippen LogP contribution in [0.15, 0.2) is 48.8 Å². The number of piperazine rings is 1. The van der Waals surface area contributed by atoms with Crippen molar-refractivity contribution in [1.82, 2.24) is 20.2 Å². The summed E-state index contributed by atoms with van der Waals surface area (Å²) >= 11 is 0. The van der Waals surface area contributed by atoms with Gasteiger partial charge in [-0.25, -0.2) is 9.97 Å². The number of carbonyl (C=O) groups excluding carboxylic acids is 1. The Morgan fingerprint density at radius 3 is 2.50 bits per heavy atom. The van der Waals surface area contributed by atoms with Crippen LogP contribution in [-0.2, 0) is 9.53 Å². The molecule has 2 aromatic rings. The smallest absolute Gasteiger partial charge is 0.246 e. The number of para-hydroxylation sites is 1. The molecule has 1 N–H and O–H groups in total. The van der Waals surface area contributed by atoms with Crippen molar-refractivity contribution in [2.75, 3.05) is 64.0 Å². The molecule has 0 atom stereocenters. The summed E-state index contributed by atoms with van der Waals surface area (Å²) in [5.74, 6) is 1.48. The lowest BCUT2D eigenvalue weighted by molar-refractivity contribution is -0.125. The zero-order valence-electron chi connectivity index (χ0n) is 16.0. The number of ether oxygens (including phenoxy) is 2. The maximum Gasteiger partial charge on any atom is 0.246 e. The van der Waals surface area contributed by atoms with Crippen LogP contribution in [0.3, 0.4) is 0 Å². The van der Waals surface area contributed by atoms with Gasteiger partial charge in [0.05, 0.1) is 6.61 Å². The molecular formula is C20H27N5O3. The van der Waals surface area contributed by atoms with Crippen LogP contribution < -0.4 is 15.0 Å². The van der Waals surface area contributed by atoms with E-state index in [-0.39, 0.29) is 12.5 Å². The van der Waals surface area contributed by atoms with Crippen LogP contribution in [0.5, 0.6) is 5.75 Å². The second-order valence-corrected chi connectivity index (χ2v) is 6.44. The summed E-state index contributed by atoms with van der Waals surface area (Å²) in [6, 6.07) is 11.4. The van der Waals surface area contributed by atoms with Gasteiger partial charge in [-0.1, -0.05) is 18.2 Å². The summed E-state index contributed by atoms with van der Waals surface area (Å²) in [7, 11) is 0. The number of hydrogen-bond donors (Lipinski definition) is 1. The molecule has 1 aromatic heterocycles. The summed E-state index contributed by atoms with van der Waals surface area (Å²) in [4.78, 5) is 24.9. The number of hydrogen-bond acceptors (Lipinski definition) is 7. The Labute approximate surface area is 165 Å². The van der Waals surface area contributed by atoms with Crippen LogP contribution in [0.25, 0.3) is 0 Å². The second kappa shape index (κ2) is 11.2. The highest BCUT2D eigenvalue weighted by Crippen LogP contribution is 2.09. The predicted molar refractivity (Wildman–Crippen MR) is 106 cm³/mol. The Balaban J connectivity index is 1.20. The zero-order valence-corrected chi connectivity index (χ0v) is 16.0. The number of benzene rings is 1. The van der Waals surface area contributed by atoms with Gasteiger partial charge in [0.2, 0.25) is 11.9 Å². The second-order valence-electron chi connectivity index (χ2n) is 6.44. The van der Waals surface area contributed by atoms with Gasteiger partial charge in [-0.2, -0.15) is 0 Å². The third kappa shape index (κ3) is 6.79. The molecule has 1 amide bonds. The van der Waals surface area contributed by atoms with E-state index in [0.717, 1.165) is 44.4 Å². The highest BCUT2D eigenvalue weighted by atomic mass is 16.5. The number of amides is 1. The number of aromatic nitrogens is 2. The Morgan fingerprint density at radius 1 is 1.00 bits per heavy atom. The van der Waals surface area contributed by atoms with Crippen molar-refractivity contribution in [3.63, 3.8) is 0 Å². The van der Waals surface area contributed by atoms with Crippen LogP contribution in [0.4, 0.5) is 5.95 Å². The molecule has 1 aliphatic rings. The highest BCUT2D eigenvalue weighted by molar-refractivity contribution is 5.77. The number of nitrogens with zero attached hydrogens (tertiary/aromatic N) is 4. The third-order valence-corrected chi connectivity index (χ3v) is 4.43. The van der Waals surface area contributed by atoms with Gasteiger partial charge in [-0.05, 0) is 18.2 Å². The summed E-state index contributed by atoms with van der Waals surface area (Å²) < 4.78 is 10.9. The van der Waals surface area contributed by atoms with E-state index in [1.54, 1.807) is 12.4 Å². The molecule has 0 spiro atoms. The Bertz CT molecular complexity index is 694. The number of carbonyl (C=O) groups is 1. The van der Waals surface area contributed by atoms with Crippen LogP contribution in [0, 0.1) is 0 Å². The van der Waals surface area contributed by atoms with E-state index in [4.69, 9.17) is 9.47 Å². The molecular weight excluding hydrogens is 358 g/mol. The fourth-order valence-electron chi connectivity index (χ4n) is 2.93. The van der Waals surface area contributed by atoms with Crippen molar-refractivity contribution >= 4 is 11.9 Å². The summed E-state index contributed by atoms with van der Waals surface area (Å²) in [6.45, 7) is 5.95. The van der Waals surface area contributed by atoms with Crippen LogP contribution in [0.1, 0.15) is 0 Å². The fraction of sp³-hybridized carbons (Fsp3) is 0.450. The lowest BCUT2D eigenvalue weighted by Crippen LogP contribution is -2.49. The van der Waals surface area contributed by atoms with E-state index >= 15 is 0 Å². The minimum Gasteiger partial charge on any atom is -0.491 e. The molecule has 0 unspecified atom stereocenters. The molecule has 1 aliphatic heterocycles. The van der Waals surface area contributed by atoms with Gasteiger partial charge in [-0.15, -0.1) is 0 Å². The molecule has 1 saturated heterocycles. The van der Waals surface area contributed by atoms with Crippen molar-refractivity contribution in [3.05, 3.63) is 48.8 Å². The molecule has 28 heavy (non-hydrogen) atoms. The summed E-state index contributed by atoms with van der Waals surface area (Å²) in [5, 5.41) is 2.90. The van der Waals surface area contributed by atoms with Crippen molar-refractivity contribution in [3.8, 4) is 5.75 Å². The molecule has 0 aliphatic carbocycles. The first-order valence-corrected chi connectivity index (χ1v) is 9.58. The van der Waals surface area contributed by atoms with E-state index in [0.29, 0.717) is 19.8 Å². The van der Waals surface area contributed by atoms with Crippen molar-refractivity contribution in [2.45, 2.75) is 0 Å². The predicted octanol–water partition coefficient (Wildman–Crippen LogP) is 0.810. The standard InChI is InChI=1S/C20H27N5O3/c26-19(17-27-15-16-28-18-5-2-1-3-6-18)21-9-10-24-11-13-25(14-12-24)20-22-7-4-8-23-20/h1-8H,9-17H2,(H,21,26). The van der Waals surface area contributed by atoms with Gasteiger partial charge >= 0.3 is 0 Å². The monoisotopic (exact) mass is 385 g/mol. The largest absolute Gasteiger partial charge is 0.491 e. The molecule has 8 heteroatoms. The Hall–Kier alpha value is -2.71.